The van der Waals surface area contributed by atoms with E-state index in [0.29, 0.717) is 12.1 Å². The molecule has 2 heterocycles. The largest absolute Gasteiger partial charge is 0.326 e. The van der Waals surface area contributed by atoms with Gasteiger partial charge < -0.3 is 9.88 Å². The summed E-state index contributed by atoms with van der Waals surface area (Å²) in [6.45, 7) is 4.35. The highest BCUT2D eigenvalue weighted by molar-refractivity contribution is 7.15. The summed E-state index contributed by atoms with van der Waals surface area (Å²) in [5.41, 5.74) is 2.42. The first kappa shape index (κ1) is 12.8. The van der Waals surface area contributed by atoms with Crippen LogP contribution in [0.4, 0.5) is 0 Å². The lowest BCUT2D eigenvalue weighted by molar-refractivity contribution is 0.501. The minimum absolute atomic E-state index is 0.415. The molecule has 0 amide bonds. The molecule has 2 aromatic rings. The summed E-state index contributed by atoms with van der Waals surface area (Å²) in [5.74, 6) is 0. The minimum atomic E-state index is 0.415. The van der Waals surface area contributed by atoms with Gasteiger partial charge in [-0.15, -0.1) is 11.3 Å². The first-order chi connectivity index (χ1) is 9.20. The van der Waals surface area contributed by atoms with E-state index in [1.54, 1.807) is 0 Å². The minimum Gasteiger partial charge on any atom is -0.326 e. The number of hydrogen-bond acceptors (Lipinski definition) is 4. The second-order valence-corrected chi connectivity index (χ2v) is 6.37. The summed E-state index contributed by atoms with van der Waals surface area (Å²) in [6, 6.07) is 0.893. The predicted octanol–water partition coefficient (Wildman–Crippen LogP) is 3.18. The molecule has 19 heavy (non-hydrogen) atoms. The number of nitrogens with zero attached hydrogens (tertiary/aromatic N) is 3. The standard InChI is InChI=1S/C14H20N4S/c1-9(2)18-8-16-7-12(18)14-17-11-6-4-5-10(15-3)13(11)19-14/h7-10,15H,4-6H2,1-3H3. The van der Waals surface area contributed by atoms with Crippen LogP contribution in [0.15, 0.2) is 12.5 Å². The van der Waals surface area contributed by atoms with Gasteiger partial charge in [0.2, 0.25) is 0 Å². The lowest BCUT2D eigenvalue weighted by Gasteiger charge is -2.19. The third kappa shape index (κ3) is 2.21. The van der Waals surface area contributed by atoms with Gasteiger partial charge >= 0.3 is 0 Å². The number of imidazole rings is 1. The van der Waals surface area contributed by atoms with Crippen molar-refractivity contribution in [3.05, 3.63) is 23.1 Å². The van der Waals surface area contributed by atoms with Crippen molar-refractivity contribution >= 4 is 11.3 Å². The zero-order chi connectivity index (χ0) is 13.4. The van der Waals surface area contributed by atoms with Gasteiger partial charge in [-0.3, -0.25) is 0 Å². The maximum Gasteiger partial charge on any atom is 0.142 e. The Morgan fingerprint density at radius 3 is 3.05 bits per heavy atom. The zero-order valence-corrected chi connectivity index (χ0v) is 12.5. The van der Waals surface area contributed by atoms with Crippen molar-refractivity contribution < 1.29 is 0 Å². The Labute approximate surface area is 117 Å². The summed E-state index contributed by atoms with van der Waals surface area (Å²) >= 11 is 1.82. The molecule has 0 radical (unpaired) electrons. The van der Waals surface area contributed by atoms with E-state index in [1.807, 2.05) is 30.9 Å². The molecule has 0 saturated carbocycles. The van der Waals surface area contributed by atoms with E-state index in [9.17, 15) is 0 Å². The van der Waals surface area contributed by atoms with Crippen LogP contribution in [0.25, 0.3) is 10.7 Å². The van der Waals surface area contributed by atoms with Gasteiger partial charge in [-0.1, -0.05) is 0 Å². The lowest BCUT2D eigenvalue weighted by Crippen LogP contribution is -2.19. The highest BCUT2D eigenvalue weighted by Crippen LogP contribution is 2.38. The Bertz CT molecular complexity index is 570. The van der Waals surface area contributed by atoms with Crippen molar-refractivity contribution in [1.29, 1.82) is 0 Å². The second kappa shape index (κ2) is 5.06. The first-order valence-corrected chi connectivity index (χ1v) is 7.71. The van der Waals surface area contributed by atoms with Gasteiger partial charge in [0.15, 0.2) is 0 Å². The fourth-order valence-corrected chi connectivity index (χ4v) is 3.96. The molecule has 1 atom stereocenters. The predicted molar refractivity (Wildman–Crippen MR) is 78.5 cm³/mol. The van der Waals surface area contributed by atoms with E-state index in [2.05, 4.69) is 28.7 Å². The van der Waals surface area contributed by atoms with E-state index in [4.69, 9.17) is 4.98 Å². The third-order valence-corrected chi connectivity index (χ3v) is 4.97. The Kier molecular flexibility index (Phi) is 3.41. The highest BCUT2D eigenvalue weighted by atomic mass is 32.1. The van der Waals surface area contributed by atoms with Gasteiger partial charge in [0.1, 0.15) is 5.01 Å². The fourth-order valence-electron chi connectivity index (χ4n) is 2.69. The van der Waals surface area contributed by atoms with Gasteiger partial charge in [-0.25, -0.2) is 9.97 Å². The maximum atomic E-state index is 4.85. The molecule has 0 saturated heterocycles. The lowest BCUT2D eigenvalue weighted by atomic mass is 9.98. The molecule has 2 aromatic heterocycles. The molecule has 1 unspecified atom stereocenters. The van der Waals surface area contributed by atoms with E-state index in [-0.39, 0.29) is 0 Å². The molecule has 1 aliphatic carbocycles. The number of rotatable bonds is 3. The van der Waals surface area contributed by atoms with Crippen molar-refractivity contribution in [2.24, 2.45) is 0 Å². The molecule has 4 nitrogen and oxygen atoms in total. The smallest absolute Gasteiger partial charge is 0.142 e. The Morgan fingerprint density at radius 2 is 2.32 bits per heavy atom. The quantitative estimate of drug-likeness (QED) is 0.936. The fraction of sp³-hybridized carbons (Fsp3) is 0.571. The van der Waals surface area contributed by atoms with Gasteiger partial charge in [0.25, 0.3) is 0 Å². The number of nitrogens with one attached hydrogen (secondary N) is 1. The average molecular weight is 276 g/mol. The third-order valence-electron chi connectivity index (χ3n) is 3.74. The molecule has 102 valence electrons. The van der Waals surface area contributed by atoms with Gasteiger partial charge in [0, 0.05) is 17.0 Å². The van der Waals surface area contributed by atoms with Gasteiger partial charge in [0.05, 0.1) is 23.9 Å². The van der Waals surface area contributed by atoms with Crippen molar-refractivity contribution in [2.45, 2.75) is 45.2 Å². The van der Waals surface area contributed by atoms with Crippen molar-refractivity contribution in [3.63, 3.8) is 0 Å². The van der Waals surface area contributed by atoms with Crippen LogP contribution in [-0.2, 0) is 6.42 Å². The highest BCUT2D eigenvalue weighted by Gasteiger charge is 2.24. The molecule has 0 bridgehead atoms. The number of aryl methyl sites for hydroxylation is 1. The van der Waals surface area contributed by atoms with Crippen LogP contribution in [0, 0.1) is 0 Å². The van der Waals surface area contributed by atoms with Crippen LogP contribution in [0.1, 0.15) is 49.3 Å². The number of hydrogen-bond donors (Lipinski definition) is 1. The van der Waals surface area contributed by atoms with Crippen LogP contribution >= 0.6 is 11.3 Å². The molecule has 1 N–H and O–H groups in total. The van der Waals surface area contributed by atoms with Crippen LogP contribution < -0.4 is 5.32 Å². The second-order valence-electron chi connectivity index (χ2n) is 5.34. The molecule has 0 fully saturated rings. The Hall–Kier alpha value is -1.20. The molecule has 3 rings (SSSR count). The summed E-state index contributed by atoms with van der Waals surface area (Å²) < 4.78 is 2.19. The van der Waals surface area contributed by atoms with E-state index < -0.39 is 0 Å². The van der Waals surface area contributed by atoms with Crippen molar-refractivity contribution in [2.75, 3.05) is 7.05 Å². The first-order valence-electron chi connectivity index (χ1n) is 6.89. The maximum absolute atomic E-state index is 4.85. The summed E-state index contributed by atoms with van der Waals surface area (Å²) in [5, 5.41) is 4.51. The molecule has 5 heteroatoms. The van der Waals surface area contributed by atoms with Gasteiger partial charge in [-0.2, -0.15) is 0 Å². The summed E-state index contributed by atoms with van der Waals surface area (Å²) in [4.78, 5) is 10.5. The SMILES string of the molecule is CNC1CCCc2nc(-c3cncn3C(C)C)sc21. The number of fused-ring (bicyclic) bond motifs is 1. The molecule has 0 spiro atoms. The van der Waals surface area contributed by atoms with Gasteiger partial charge in [-0.05, 0) is 40.2 Å². The molecule has 0 aliphatic heterocycles. The Morgan fingerprint density at radius 1 is 1.47 bits per heavy atom. The summed E-state index contributed by atoms with van der Waals surface area (Å²) in [7, 11) is 2.04. The van der Waals surface area contributed by atoms with E-state index >= 15 is 0 Å². The van der Waals surface area contributed by atoms with E-state index in [1.165, 1.54) is 23.4 Å². The normalized spacial score (nSPS) is 18.8. The summed E-state index contributed by atoms with van der Waals surface area (Å²) in [6.07, 6.45) is 7.38. The van der Waals surface area contributed by atoms with Crippen molar-refractivity contribution in [3.8, 4) is 10.7 Å². The molecular formula is C14H20N4S. The molecular weight excluding hydrogens is 256 g/mol. The number of aromatic nitrogens is 3. The zero-order valence-electron chi connectivity index (χ0n) is 11.7. The molecule has 1 aliphatic rings. The van der Waals surface area contributed by atoms with Crippen LogP contribution in [0.2, 0.25) is 0 Å². The Balaban J connectivity index is 2.03. The number of thiazole rings is 1. The average Bonchev–Trinajstić information content (AvgIpc) is 3.03. The van der Waals surface area contributed by atoms with Crippen molar-refractivity contribution in [1.82, 2.24) is 19.9 Å². The van der Waals surface area contributed by atoms with Crippen LogP contribution in [0.3, 0.4) is 0 Å². The van der Waals surface area contributed by atoms with E-state index in [0.717, 1.165) is 17.1 Å². The monoisotopic (exact) mass is 276 g/mol. The van der Waals surface area contributed by atoms with Crippen LogP contribution in [0.5, 0.6) is 0 Å². The molecule has 0 aromatic carbocycles. The van der Waals surface area contributed by atoms with Crippen LogP contribution in [-0.4, -0.2) is 21.6 Å². The topological polar surface area (TPSA) is 42.7 Å².